The van der Waals surface area contributed by atoms with Crippen LogP contribution in [-0.4, -0.2) is 23.2 Å². The Morgan fingerprint density at radius 3 is 1.02 bits per heavy atom. The molecule has 4 aromatic heterocycles. The molecule has 0 atom stereocenters. The zero-order valence-electron chi connectivity index (χ0n) is 27.4. The fraction of sp³-hybridized carbons (Fsp3) is 0. The van der Waals surface area contributed by atoms with Gasteiger partial charge in [0.1, 0.15) is 16.6 Å². The summed E-state index contributed by atoms with van der Waals surface area (Å²) in [6, 6.07) is 61.5. The largest absolute Gasteiger partial charge is 0.308 e. The van der Waals surface area contributed by atoms with Gasteiger partial charge in [-0.15, -0.1) is 0 Å². The molecule has 0 aliphatic carbocycles. The number of hydrogen-bond acceptors (Lipinski definition) is 4. The van der Waals surface area contributed by atoms with Crippen LogP contribution in [-0.2, 0) is 0 Å². The van der Waals surface area contributed by atoms with E-state index in [0.29, 0.717) is 0 Å². The second-order valence-corrected chi connectivity index (χ2v) is 12.8. The van der Waals surface area contributed by atoms with E-state index < -0.39 is 0 Å². The number of anilines is 6. The average molecular weight is 656 g/mol. The third-order valence-corrected chi connectivity index (χ3v) is 9.93. The standard InChI is InChI=1S/C44H29N7/c1-5-16-30(17-6-1)47(31-18-7-2-8-19-31)34-24-13-26-36-40(34)45-43-49(36)38-28-15-29-39-42(38)51(43)44-46-41-35(25-14-27-37(41)50(39)44)48(32-20-9-3-10-21-32)33-22-11-4-12-23-33/h1-29H. The van der Waals surface area contributed by atoms with Crippen molar-refractivity contribution in [2.75, 3.05) is 9.80 Å². The summed E-state index contributed by atoms with van der Waals surface area (Å²) in [7, 11) is 0. The van der Waals surface area contributed by atoms with Gasteiger partial charge in [-0.25, -0.2) is 14.4 Å². The molecule has 0 fully saturated rings. The van der Waals surface area contributed by atoms with E-state index in [9.17, 15) is 0 Å². The van der Waals surface area contributed by atoms with Crippen LogP contribution in [0, 0.1) is 0 Å². The molecule has 7 heteroatoms. The highest BCUT2D eigenvalue weighted by Crippen LogP contribution is 2.43. The highest BCUT2D eigenvalue weighted by molar-refractivity contribution is 6.07. The summed E-state index contributed by atoms with van der Waals surface area (Å²) in [6.45, 7) is 0. The van der Waals surface area contributed by atoms with Gasteiger partial charge >= 0.3 is 0 Å². The topological polar surface area (TPSA) is 45.5 Å². The Morgan fingerprint density at radius 1 is 0.314 bits per heavy atom. The van der Waals surface area contributed by atoms with E-state index in [0.717, 1.165) is 84.3 Å². The Bertz CT molecular complexity index is 2740. The lowest BCUT2D eigenvalue weighted by molar-refractivity contribution is 1.15. The molecule has 51 heavy (non-hydrogen) atoms. The van der Waals surface area contributed by atoms with Crippen LogP contribution in [0.2, 0.25) is 0 Å². The van der Waals surface area contributed by atoms with E-state index >= 15 is 0 Å². The number of para-hydroxylation sites is 7. The van der Waals surface area contributed by atoms with Crippen LogP contribution in [0.1, 0.15) is 0 Å². The SMILES string of the molecule is c1ccc(N(c2ccccc2)c2cccc3c2nc2n3c3cccc4c3n2c2nc3c(N(c5ccccc5)c5ccccc5)cccc3n42)cc1. The molecule has 0 amide bonds. The van der Waals surface area contributed by atoms with Gasteiger partial charge in [0.15, 0.2) is 0 Å². The lowest BCUT2D eigenvalue weighted by atomic mass is 10.1. The number of benzene rings is 7. The molecule has 240 valence electrons. The van der Waals surface area contributed by atoms with Gasteiger partial charge in [-0.1, -0.05) is 91.0 Å². The molecule has 0 N–H and O–H groups in total. The van der Waals surface area contributed by atoms with Gasteiger partial charge in [-0.3, -0.25) is 8.80 Å². The zero-order chi connectivity index (χ0) is 33.5. The van der Waals surface area contributed by atoms with E-state index in [1.54, 1.807) is 0 Å². The van der Waals surface area contributed by atoms with Crippen molar-refractivity contribution in [1.29, 1.82) is 0 Å². The van der Waals surface area contributed by atoms with E-state index in [4.69, 9.17) is 9.97 Å². The molecule has 11 aromatic rings. The van der Waals surface area contributed by atoms with Crippen molar-refractivity contribution in [3.05, 3.63) is 176 Å². The number of imidazole rings is 4. The van der Waals surface area contributed by atoms with Crippen LogP contribution < -0.4 is 9.80 Å². The predicted molar refractivity (Wildman–Crippen MR) is 208 cm³/mol. The average Bonchev–Trinajstić information content (AvgIpc) is 3.93. The van der Waals surface area contributed by atoms with Crippen LogP contribution in [0.5, 0.6) is 0 Å². The second kappa shape index (κ2) is 10.7. The maximum atomic E-state index is 5.47. The molecule has 0 saturated carbocycles. The Labute approximate surface area is 292 Å². The van der Waals surface area contributed by atoms with Crippen LogP contribution >= 0.6 is 0 Å². The van der Waals surface area contributed by atoms with Gasteiger partial charge in [0.05, 0.1) is 33.4 Å². The van der Waals surface area contributed by atoms with E-state index in [1.807, 2.05) is 0 Å². The van der Waals surface area contributed by atoms with E-state index in [1.165, 1.54) is 0 Å². The van der Waals surface area contributed by atoms with Crippen LogP contribution in [0.4, 0.5) is 34.1 Å². The highest BCUT2D eigenvalue weighted by atomic mass is 15.3. The smallest absolute Gasteiger partial charge is 0.223 e. The van der Waals surface area contributed by atoms with Crippen molar-refractivity contribution in [1.82, 2.24) is 23.2 Å². The second-order valence-electron chi connectivity index (χ2n) is 12.8. The van der Waals surface area contributed by atoms with Crippen molar-refractivity contribution in [3.8, 4) is 0 Å². The number of rotatable bonds is 6. The van der Waals surface area contributed by atoms with Crippen LogP contribution in [0.25, 0.3) is 50.2 Å². The number of nitrogens with zero attached hydrogens (tertiary/aromatic N) is 7. The molecule has 0 unspecified atom stereocenters. The predicted octanol–water partition coefficient (Wildman–Crippen LogP) is 11.1. The van der Waals surface area contributed by atoms with Gasteiger partial charge < -0.3 is 9.80 Å². The Morgan fingerprint density at radius 2 is 0.647 bits per heavy atom. The minimum absolute atomic E-state index is 0.833. The maximum absolute atomic E-state index is 5.47. The minimum Gasteiger partial charge on any atom is -0.308 e. The zero-order valence-corrected chi connectivity index (χ0v) is 27.4. The van der Waals surface area contributed by atoms with Crippen molar-refractivity contribution >= 4 is 84.3 Å². The molecule has 0 saturated heterocycles. The first-order valence-electron chi connectivity index (χ1n) is 17.1. The molecule has 0 aliphatic rings. The molecular weight excluding hydrogens is 627 g/mol. The number of hydrogen-bond donors (Lipinski definition) is 0. The highest BCUT2D eigenvalue weighted by Gasteiger charge is 2.27. The van der Waals surface area contributed by atoms with Crippen molar-refractivity contribution < 1.29 is 0 Å². The first-order valence-corrected chi connectivity index (χ1v) is 17.1. The first-order chi connectivity index (χ1) is 25.3. The molecule has 7 nitrogen and oxygen atoms in total. The Kier molecular flexibility index (Phi) is 5.83. The summed E-state index contributed by atoms with van der Waals surface area (Å²) in [6.07, 6.45) is 0. The van der Waals surface area contributed by atoms with E-state index in [2.05, 4.69) is 199 Å². The lowest BCUT2D eigenvalue weighted by Gasteiger charge is -2.25. The van der Waals surface area contributed by atoms with Crippen molar-refractivity contribution in [2.24, 2.45) is 0 Å². The fourth-order valence-corrected chi connectivity index (χ4v) is 7.84. The molecule has 0 spiro atoms. The monoisotopic (exact) mass is 655 g/mol. The minimum atomic E-state index is 0.833. The molecule has 4 heterocycles. The van der Waals surface area contributed by atoms with Gasteiger partial charge in [0, 0.05) is 22.7 Å². The lowest BCUT2D eigenvalue weighted by Crippen LogP contribution is -2.10. The van der Waals surface area contributed by atoms with Gasteiger partial charge in [-0.05, 0) is 84.9 Å². The Hall–Kier alpha value is -7.12. The quantitative estimate of drug-likeness (QED) is 0.179. The van der Waals surface area contributed by atoms with Gasteiger partial charge in [0.2, 0.25) is 11.6 Å². The van der Waals surface area contributed by atoms with Crippen molar-refractivity contribution in [3.63, 3.8) is 0 Å². The summed E-state index contributed by atoms with van der Waals surface area (Å²) in [5, 5.41) is 0. The third-order valence-electron chi connectivity index (χ3n) is 9.93. The van der Waals surface area contributed by atoms with Gasteiger partial charge in [0.25, 0.3) is 0 Å². The van der Waals surface area contributed by atoms with Crippen LogP contribution in [0.3, 0.4) is 0 Å². The number of fused-ring (bicyclic) bond motifs is 10. The van der Waals surface area contributed by atoms with Gasteiger partial charge in [-0.2, -0.15) is 0 Å². The molecular formula is C44H29N7. The molecule has 0 aliphatic heterocycles. The summed E-state index contributed by atoms with van der Waals surface area (Å²) in [5.74, 6) is 1.67. The molecule has 0 radical (unpaired) electrons. The normalized spacial score (nSPS) is 11.9. The maximum Gasteiger partial charge on any atom is 0.223 e. The fourth-order valence-electron chi connectivity index (χ4n) is 7.84. The van der Waals surface area contributed by atoms with Crippen molar-refractivity contribution in [2.45, 2.75) is 0 Å². The third kappa shape index (κ3) is 3.94. The summed E-state index contributed by atoms with van der Waals surface area (Å²) >= 11 is 0. The van der Waals surface area contributed by atoms with Crippen LogP contribution in [0.15, 0.2) is 176 Å². The summed E-state index contributed by atoms with van der Waals surface area (Å²) in [4.78, 5) is 15.5. The Balaban J connectivity index is 1.21. The first kappa shape index (κ1) is 27.8. The van der Waals surface area contributed by atoms with E-state index in [-0.39, 0.29) is 0 Å². The molecule has 0 bridgehead atoms. The molecule has 11 rings (SSSR count). The number of aromatic nitrogens is 5. The molecule has 7 aromatic carbocycles. The summed E-state index contributed by atoms with van der Waals surface area (Å²) in [5.41, 5.74) is 13.6. The summed E-state index contributed by atoms with van der Waals surface area (Å²) < 4.78 is 6.81.